The molecule has 1 N–H and O–H groups in total. The van der Waals surface area contributed by atoms with Crippen molar-refractivity contribution in [1.29, 1.82) is 0 Å². The van der Waals surface area contributed by atoms with E-state index in [1.54, 1.807) is 0 Å². The Labute approximate surface area is 149 Å². The van der Waals surface area contributed by atoms with Crippen molar-refractivity contribution in [1.82, 2.24) is 14.8 Å². The van der Waals surface area contributed by atoms with Crippen LogP contribution >= 0.6 is 11.8 Å². The standard InChI is InChI=1S/C18H28N4OS/c1-14-4-3-5-17(19-14)20-15-6-9-22(10-7-15)18(23)12-21(2)16-8-11-24-13-16/h3-5,15-16H,6-13H2,1-2H3,(H,19,20)/t16-/m0/s1. The Bertz CT molecular complexity index is 554. The number of pyridine rings is 1. The lowest BCUT2D eigenvalue weighted by Gasteiger charge is -2.34. The van der Waals surface area contributed by atoms with Crippen LogP contribution in [0.25, 0.3) is 0 Å². The van der Waals surface area contributed by atoms with Crippen LogP contribution in [0.4, 0.5) is 5.82 Å². The molecule has 0 spiro atoms. The Balaban J connectivity index is 1.43. The zero-order valence-corrected chi connectivity index (χ0v) is 15.5. The van der Waals surface area contributed by atoms with Crippen molar-refractivity contribution in [2.24, 2.45) is 0 Å². The highest BCUT2D eigenvalue weighted by atomic mass is 32.2. The summed E-state index contributed by atoms with van der Waals surface area (Å²) < 4.78 is 0. The van der Waals surface area contributed by atoms with E-state index in [9.17, 15) is 4.79 Å². The Hall–Kier alpha value is -1.27. The molecule has 0 unspecified atom stereocenters. The summed E-state index contributed by atoms with van der Waals surface area (Å²) >= 11 is 1.99. The second-order valence-electron chi connectivity index (χ2n) is 6.90. The molecule has 1 atom stereocenters. The van der Waals surface area contributed by atoms with Crippen LogP contribution in [0.1, 0.15) is 25.0 Å². The highest BCUT2D eigenvalue weighted by molar-refractivity contribution is 7.99. The molecule has 0 aliphatic carbocycles. The summed E-state index contributed by atoms with van der Waals surface area (Å²) in [5.74, 6) is 3.62. The van der Waals surface area contributed by atoms with Gasteiger partial charge in [-0.05, 0) is 51.1 Å². The number of likely N-dealkylation sites (tertiary alicyclic amines) is 1. The van der Waals surface area contributed by atoms with Crippen molar-refractivity contribution in [2.75, 3.05) is 43.5 Å². The summed E-state index contributed by atoms with van der Waals surface area (Å²) in [5.41, 5.74) is 1.03. The molecule has 5 nitrogen and oxygen atoms in total. The molecule has 1 amide bonds. The predicted molar refractivity (Wildman–Crippen MR) is 101 cm³/mol. The fraction of sp³-hybridized carbons (Fsp3) is 0.667. The third-order valence-electron chi connectivity index (χ3n) is 5.00. The van der Waals surface area contributed by atoms with Crippen LogP contribution in [0.3, 0.4) is 0 Å². The minimum atomic E-state index is 0.279. The first-order chi connectivity index (χ1) is 11.6. The average molecular weight is 349 g/mol. The lowest BCUT2D eigenvalue weighted by Crippen LogP contribution is -2.47. The van der Waals surface area contributed by atoms with Gasteiger partial charge in [-0.25, -0.2) is 4.98 Å². The molecule has 6 heteroatoms. The average Bonchev–Trinajstić information content (AvgIpc) is 3.10. The number of anilines is 1. The third kappa shape index (κ3) is 4.63. The number of carbonyl (C=O) groups is 1. The van der Waals surface area contributed by atoms with Gasteiger partial charge < -0.3 is 10.2 Å². The van der Waals surface area contributed by atoms with Gasteiger partial charge in [-0.2, -0.15) is 11.8 Å². The van der Waals surface area contributed by atoms with Gasteiger partial charge in [0.2, 0.25) is 5.91 Å². The maximum atomic E-state index is 12.5. The molecule has 24 heavy (non-hydrogen) atoms. The van der Waals surface area contributed by atoms with Crippen LogP contribution in [0.5, 0.6) is 0 Å². The van der Waals surface area contributed by atoms with Crippen molar-refractivity contribution < 1.29 is 4.79 Å². The maximum absolute atomic E-state index is 12.5. The summed E-state index contributed by atoms with van der Waals surface area (Å²) in [5, 5.41) is 3.50. The predicted octanol–water partition coefficient (Wildman–Crippen LogP) is 2.23. The highest BCUT2D eigenvalue weighted by Gasteiger charge is 2.26. The first-order valence-corrected chi connectivity index (χ1v) is 10.0. The quantitative estimate of drug-likeness (QED) is 0.884. The second-order valence-corrected chi connectivity index (χ2v) is 8.05. The van der Waals surface area contributed by atoms with Gasteiger partial charge in [0.05, 0.1) is 6.54 Å². The van der Waals surface area contributed by atoms with Crippen molar-refractivity contribution in [3.05, 3.63) is 23.9 Å². The molecule has 1 aromatic heterocycles. The molecule has 0 bridgehead atoms. The van der Waals surface area contributed by atoms with Gasteiger partial charge in [-0.1, -0.05) is 6.07 Å². The minimum Gasteiger partial charge on any atom is -0.367 e. The molecule has 2 saturated heterocycles. The molecule has 0 saturated carbocycles. The molecule has 2 aliphatic heterocycles. The van der Waals surface area contributed by atoms with E-state index in [1.807, 2.05) is 41.8 Å². The first kappa shape index (κ1) is 17.5. The third-order valence-corrected chi connectivity index (χ3v) is 6.15. The molecule has 3 rings (SSSR count). The summed E-state index contributed by atoms with van der Waals surface area (Å²) in [6, 6.07) is 7.03. The topological polar surface area (TPSA) is 48.5 Å². The number of amides is 1. The number of hydrogen-bond donors (Lipinski definition) is 1. The molecule has 0 aromatic carbocycles. The minimum absolute atomic E-state index is 0.279. The van der Waals surface area contributed by atoms with E-state index in [2.05, 4.69) is 22.2 Å². The summed E-state index contributed by atoms with van der Waals surface area (Å²) in [6.45, 7) is 4.25. The fourth-order valence-corrected chi connectivity index (χ4v) is 4.72. The molecule has 2 fully saturated rings. The van der Waals surface area contributed by atoms with Crippen molar-refractivity contribution in [2.45, 2.75) is 38.3 Å². The number of carbonyl (C=O) groups excluding carboxylic acids is 1. The fourth-order valence-electron chi connectivity index (χ4n) is 3.42. The first-order valence-electron chi connectivity index (χ1n) is 8.88. The zero-order chi connectivity index (χ0) is 16.9. The van der Waals surface area contributed by atoms with E-state index in [0.29, 0.717) is 18.6 Å². The van der Waals surface area contributed by atoms with Crippen LogP contribution in [0, 0.1) is 6.92 Å². The van der Waals surface area contributed by atoms with Gasteiger partial charge in [-0.15, -0.1) is 0 Å². The number of nitrogens with one attached hydrogen (secondary N) is 1. The molecular weight excluding hydrogens is 320 g/mol. The van der Waals surface area contributed by atoms with Crippen LogP contribution in [0.15, 0.2) is 18.2 Å². The monoisotopic (exact) mass is 348 g/mol. The van der Waals surface area contributed by atoms with Gasteiger partial charge in [0, 0.05) is 36.6 Å². The second kappa shape index (κ2) is 8.21. The lowest BCUT2D eigenvalue weighted by atomic mass is 10.0. The van der Waals surface area contributed by atoms with Gasteiger partial charge in [-0.3, -0.25) is 9.69 Å². The number of rotatable bonds is 5. The number of aromatic nitrogens is 1. The Kier molecular flexibility index (Phi) is 6.00. The van der Waals surface area contributed by atoms with Crippen molar-refractivity contribution >= 4 is 23.5 Å². The Morgan fingerprint density at radius 1 is 1.38 bits per heavy atom. The van der Waals surface area contributed by atoms with E-state index >= 15 is 0 Å². The molecule has 0 radical (unpaired) electrons. The number of thioether (sulfide) groups is 1. The maximum Gasteiger partial charge on any atom is 0.236 e. The number of hydrogen-bond acceptors (Lipinski definition) is 5. The van der Waals surface area contributed by atoms with Crippen LogP contribution in [0.2, 0.25) is 0 Å². The van der Waals surface area contributed by atoms with E-state index in [1.165, 1.54) is 17.9 Å². The summed E-state index contributed by atoms with van der Waals surface area (Å²) in [6.07, 6.45) is 3.19. The largest absolute Gasteiger partial charge is 0.367 e. The van der Waals surface area contributed by atoms with E-state index in [-0.39, 0.29) is 5.91 Å². The van der Waals surface area contributed by atoms with Crippen LogP contribution in [-0.4, -0.2) is 71.0 Å². The molecule has 132 valence electrons. The van der Waals surface area contributed by atoms with Crippen LogP contribution < -0.4 is 5.32 Å². The van der Waals surface area contributed by atoms with E-state index in [0.717, 1.165) is 37.4 Å². The van der Waals surface area contributed by atoms with E-state index < -0.39 is 0 Å². The van der Waals surface area contributed by atoms with Gasteiger partial charge in [0.1, 0.15) is 5.82 Å². The lowest BCUT2D eigenvalue weighted by molar-refractivity contribution is -0.133. The number of likely N-dealkylation sites (N-methyl/N-ethyl adjacent to an activating group) is 1. The van der Waals surface area contributed by atoms with Crippen molar-refractivity contribution in [3.63, 3.8) is 0 Å². The van der Waals surface area contributed by atoms with Gasteiger partial charge >= 0.3 is 0 Å². The molecular formula is C18H28N4OS. The number of aryl methyl sites for hydroxylation is 1. The van der Waals surface area contributed by atoms with E-state index in [4.69, 9.17) is 0 Å². The molecule has 1 aromatic rings. The summed E-state index contributed by atoms with van der Waals surface area (Å²) in [4.78, 5) is 21.3. The Morgan fingerprint density at radius 3 is 2.83 bits per heavy atom. The highest BCUT2D eigenvalue weighted by Crippen LogP contribution is 2.21. The number of piperidine rings is 1. The smallest absolute Gasteiger partial charge is 0.236 e. The van der Waals surface area contributed by atoms with Gasteiger partial charge in [0.15, 0.2) is 0 Å². The SMILES string of the molecule is Cc1cccc(NC2CCN(C(=O)CN(C)[C@H]3CCSC3)CC2)n1. The normalized spacial score (nSPS) is 22.1. The van der Waals surface area contributed by atoms with Crippen molar-refractivity contribution in [3.8, 4) is 0 Å². The summed E-state index contributed by atoms with van der Waals surface area (Å²) in [7, 11) is 2.09. The number of nitrogens with zero attached hydrogens (tertiary/aromatic N) is 3. The Morgan fingerprint density at radius 2 is 2.17 bits per heavy atom. The molecule has 3 heterocycles. The zero-order valence-electron chi connectivity index (χ0n) is 14.7. The van der Waals surface area contributed by atoms with Crippen LogP contribution in [-0.2, 0) is 4.79 Å². The molecule has 2 aliphatic rings. The van der Waals surface area contributed by atoms with Gasteiger partial charge in [0.25, 0.3) is 0 Å².